The first-order valence-electron chi connectivity index (χ1n) is 4.33. The fraction of sp³-hybridized carbons (Fsp3) is 0.667. The molecule has 0 fully saturated rings. The predicted octanol–water partition coefficient (Wildman–Crippen LogP) is -2.26. The molecule has 0 unspecified atom stereocenters. The molecule has 0 aliphatic rings. The van der Waals surface area contributed by atoms with Gasteiger partial charge in [-0.25, -0.2) is 9.13 Å². The van der Waals surface area contributed by atoms with Gasteiger partial charge in [0, 0.05) is 13.7 Å². The maximum atomic E-state index is 4.97. The number of rotatable bonds is 5. The van der Waals surface area contributed by atoms with Crippen molar-refractivity contribution in [1.29, 1.82) is 0 Å². The number of hydrogen-bond donors (Lipinski definition) is 0. The highest BCUT2D eigenvalue weighted by Crippen LogP contribution is 1.89. The largest absolute Gasteiger partial charge is 1.00 e. The van der Waals surface area contributed by atoms with Crippen LogP contribution in [-0.4, -0.2) is 18.3 Å². The second kappa shape index (κ2) is 6.92. The van der Waals surface area contributed by atoms with Crippen molar-refractivity contribution in [3.05, 3.63) is 18.7 Å². The molecule has 0 amide bonds. The maximum Gasteiger partial charge on any atom is 0.243 e. The minimum absolute atomic E-state index is 0. The summed E-state index contributed by atoms with van der Waals surface area (Å²) in [6.45, 7) is 1.96. The summed E-state index contributed by atoms with van der Waals surface area (Å²) in [7, 11) is 3.78. The van der Waals surface area contributed by atoms with Crippen molar-refractivity contribution >= 4 is 0 Å². The van der Waals surface area contributed by atoms with E-state index in [-0.39, 0.29) is 12.4 Å². The van der Waals surface area contributed by atoms with Gasteiger partial charge in [0.25, 0.3) is 0 Å². The molecule has 3 nitrogen and oxygen atoms in total. The van der Waals surface area contributed by atoms with Crippen LogP contribution >= 0.6 is 0 Å². The lowest BCUT2D eigenvalue weighted by atomic mass is 10.3. The quantitative estimate of drug-likeness (QED) is 0.391. The number of aryl methyl sites for hydroxylation is 2. The van der Waals surface area contributed by atoms with E-state index in [0.29, 0.717) is 0 Å². The third-order valence-electron chi connectivity index (χ3n) is 1.84. The Bertz CT molecular complexity index is 225. The van der Waals surface area contributed by atoms with Gasteiger partial charge in [-0.2, -0.15) is 0 Å². The van der Waals surface area contributed by atoms with Crippen LogP contribution in [0.5, 0.6) is 0 Å². The molecular weight excluding hydrogens is 188 g/mol. The number of aromatic nitrogens is 2. The monoisotopic (exact) mass is 204 g/mol. The molecule has 0 saturated heterocycles. The van der Waals surface area contributed by atoms with Crippen LogP contribution < -0.4 is 17.0 Å². The van der Waals surface area contributed by atoms with E-state index in [1.807, 2.05) is 7.05 Å². The van der Waals surface area contributed by atoms with Crippen molar-refractivity contribution < 1.29 is 21.7 Å². The summed E-state index contributed by atoms with van der Waals surface area (Å²) in [5.74, 6) is 0. The molecule has 0 bridgehead atoms. The molecule has 0 aliphatic carbocycles. The van der Waals surface area contributed by atoms with Crippen molar-refractivity contribution in [2.24, 2.45) is 7.05 Å². The Balaban J connectivity index is 0.00000144. The standard InChI is InChI=1S/C9H17N2O.ClH/c1-10-6-7-11(9-10)5-3-4-8-12-2;/h6-7,9H,3-5,8H2,1-2H3;1H/q+1;/p-1. The number of halogens is 1. The average Bonchev–Trinajstić information content (AvgIpc) is 2.45. The molecule has 13 heavy (non-hydrogen) atoms. The van der Waals surface area contributed by atoms with Crippen molar-refractivity contribution in [3.8, 4) is 0 Å². The van der Waals surface area contributed by atoms with Crippen LogP contribution in [0, 0.1) is 0 Å². The lowest BCUT2D eigenvalue weighted by Gasteiger charge is -1.96. The van der Waals surface area contributed by atoms with Gasteiger partial charge in [0.05, 0.1) is 13.6 Å². The van der Waals surface area contributed by atoms with Gasteiger partial charge in [0.1, 0.15) is 12.4 Å². The molecular formula is C9H17ClN2O. The van der Waals surface area contributed by atoms with E-state index in [1.165, 1.54) is 6.42 Å². The van der Waals surface area contributed by atoms with E-state index in [4.69, 9.17) is 4.74 Å². The van der Waals surface area contributed by atoms with Gasteiger partial charge in [-0.1, -0.05) is 0 Å². The van der Waals surface area contributed by atoms with Crippen LogP contribution in [0.2, 0.25) is 0 Å². The molecule has 0 radical (unpaired) electrons. The SMILES string of the molecule is COCCCC[n+]1ccn(C)c1.[Cl-]. The molecule has 0 atom stereocenters. The van der Waals surface area contributed by atoms with Crippen LogP contribution in [0.1, 0.15) is 12.8 Å². The zero-order valence-electron chi connectivity index (χ0n) is 8.24. The summed E-state index contributed by atoms with van der Waals surface area (Å²) in [4.78, 5) is 0. The maximum absolute atomic E-state index is 4.97. The fourth-order valence-electron chi connectivity index (χ4n) is 1.17. The summed E-state index contributed by atoms with van der Waals surface area (Å²) in [6.07, 6.45) is 8.55. The second-order valence-corrected chi connectivity index (χ2v) is 3.02. The summed E-state index contributed by atoms with van der Waals surface area (Å²) in [5.41, 5.74) is 0. The zero-order chi connectivity index (χ0) is 8.81. The van der Waals surface area contributed by atoms with E-state index in [9.17, 15) is 0 Å². The van der Waals surface area contributed by atoms with E-state index in [1.54, 1.807) is 7.11 Å². The van der Waals surface area contributed by atoms with E-state index >= 15 is 0 Å². The Hall–Kier alpha value is -0.540. The van der Waals surface area contributed by atoms with E-state index < -0.39 is 0 Å². The third kappa shape index (κ3) is 4.90. The van der Waals surface area contributed by atoms with Crippen molar-refractivity contribution in [2.75, 3.05) is 13.7 Å². The summed E-state index contributed by atoms with van der Waals surface area (Å²) in [6, 6.07) is 0. The molecule has 0 aromatic carbocycles. The van der Waals surface area contributed by atoms with Gasteiger partial charge >= 0.3 is 0 Å². The van der Waals surface area contributed by atoms with Crippen LogP contribution in [0.15, 0.2) is 18.7 Å². The van der Waals surface area contributed by atoms with Gasteiger partial charge in [0.15, 0.2) is 0 Å². The van der Waals surface area contributed by atoms with Gasteiger partial charge in [0.2, 0.25) is 6.33 Å². The molecule has 76 valence electrons. The first-order chi connectivity index (χ1) is 5.83. The van der Waals surface area contributed by atoms with Crippen molar-refractivity contribution in [1.82, 2.24) is 4.57 Å². The predicted molar refractivity (Wildman–Crippen MR) is 46.7 cm³/mol. The van der Waals surface area contributed by atoms with Crippen LogP contribution in [0.25, 0.3) is 0 Å². The topological polar surface area (TPSA) is 18.0 Å². The molecule has 0 spiro atoms. The second-order valence-electron chi connectivity index (χ2n) is 3.02. The lowest BCUT2D eigenvalue weighted by Crippen LogP contribution is -3.00. The minimum atomic E-state index is 0. The van der Waals surface area contributed by atoms with Crippen molar-refractivity contribution in [3.63, 3.8) is 0 Å². The van der Waals surface area contributed by atoms with Crippen LogP contribution in [-0.2, 0) is 18.3 Å². The lowest BCUT2D eigenvalue weighted by molar-refractivity contribution is -0.696. The highest BCUT2D eigenvalue weighted by molar-refractivity contribution is 4.61. The molecule has 1 rings (SSSR count). The normalized spacial score (nSPS) is 9.69. The third-order valence-corrected chi connectivity index (χ3v) is 1.84. The highest BCUT2D eigenvalue weighted by Gasteiger charge is 1.98. The molecule has 1 aromatic heterocycles. The Labute approximate surface area is 85.7 Å². The molecule has 0 N–H and O–H groups in total. The Morgan fingerprint density at radius 2 is 2.15 bits per heavy atom. The fourth-order valence-corrected chi connectivity index (χ4v) is 1.17. The summed E-state index contributed by atoms with van der Waals surface area (Å²) >= 11 is 0. The Morgan fingerprint density at radius 3 is 2.69 bits per heavy atom. The van der Waals surface area contributed by atoms with Crippen molar-refractivity contribution in [2.45, 2.75) is 19.4 Å². The molecule has 1 heterocycles. The molecule has 0 saturated carbocycles. The van der Waals surface area contributed by atoms with Crippen LogP contribution in [0.4, 0.5) is 0 Å². The minimum Gasteiger partial charge on any atom is -1.00 e. The number of nitrogens with zero attached hydrogens (tertiary/aromatic N) is 2. The van der Waals surface area contributed by atoms with Gasteiger partial charge in [-0.3, -0.25) is 0 Å². The molecule has 1 aromatic rings. The Kier molecular flexibility index (Phi) is 6.63. The first-order valence-corrected chi connectivity index (χ1v) is 4.33. The molecule has 0 aliphatic heterocycles. The number of ether oxygens (including phenoxy) is 1. The van der Waals surface area contributed by atoms with Gasteiger partial charge < -0.3 is 17.1 Å². The number of hydrogen-bond acceptors (Lipinski definition) is 1. The van der Waals surface area contributed by atoms with Gasteiger partial charge in [-0.05, 0) is 12.8 Å². The first kappa shape index (κ1) is 12.5. The average molecular weight is 205 g/mol. The number of methoxy groups -OCH3 is 1. The highest BCUT2D eigenvalue weighted by atomic mass is 35.5. The zero-order valence-corrected chi connectivity index (χ0v) is 9.00. The Morgan fingerprint density at radius 1 is 1.38 bits per heavy atom. The summed E-state index contributed by atoms with van der Waals surface area (Å²) < 4.78 is 9.21. The summed E-state index contributed by atoms with van der Waals surface area (Å²) in [5, 5.41) is 0. The van der Waals surface area contributed by atoms with E-state index in [2.05, 4.69) is 27.9 Å². The van der Waals surface area contributed by atoms with Gasteiger partial charge in [-0.15, -0.1) is 0 Å². The smallest absolute Gasteiger partial charge is 0.243 e. The van der Waals surface area contributed by atoms with E-state index in [0.717, 1.165) is 19.6 Å². The number of imidazole rings is 1. The number of unbranched alkanes of at least 4 members (excludes halogenated alkanes) is 1. The molecule has 4 heteroatoms. The van der Waals surface area contributed by atoms with Crippen LogP contribution in [0.3, 0.4) is 0 Å².